The molecule has 14 atom stereocenters. The molecule has 5 rings (SSSR count). The van der Waals surface area contributed by atoms with Crippen molar-refractivity contribution in [3.05, 3.63) is 0 Å². The molecule has 232 valence electrons. The number of fused-ring (bicyclic) bond motifs is 7. The SMILES string of the molecule is CC(C(O)CC(O)C(O)C(O)CO)C1CCC2(C)C1CCC1(C)C2CCC2C3(C)CCCC(C)(C)C3CCC21C. The summed E-state index contributed by atoms with van der Waals surface area (Å²) in [6.07, 6.45) is 9.75. The lowest BCUT2D eigenvalue weighted by Crippen LogP contribution is -2.65. The number of aliphatic hydroxyl groups excluding tert-OH is 5. The first kappa shape index (κ1) is 31.2. The van der Waals surface area contributed by atoms with Crippen LogP contribution in [0.3, 0.4) is 0 Å². The summed E-state index contributed by atoms with van der Waals surface area (Å²) in [5.74, 6) is 3.41. The Morgan fingerprint density at radius 3 is 1.85 bits per heavy atom. The molecule has 5 heteroatoms. The lowest BCUT2D eigenvalue weighted by molar-refractivity contribution is -0.242. The van der Waals surface area contributed by atoms with Crippen molar-refractivity contribution in [3.63, 3.8) is 0 Å². The molecule has 5 fully saturated rings. The number of rotatable bonds is 7. The van der Waals surface area contributed by atoms with Gasteiger partial charge in [0.2, 0.25) is 0 Å². The van der Waals surface area contributed by atoms with Gasteiger partial charge in [-0.25, -0.2) is 0 Å². The van der Waals surface area contributed by atoms with E-state index in [0.717, 1.165) is 24.2 Å². The molecule has 0 aliphatic heterocycles. The molecule has 0 aromatic rings. The van der Waals surface area contributed by atoms with Gasteiger partial charge in [-0.1, -0.05) is 54.9 Å². The summed E-state index contributed by atoms with van der Waals surface area (Å²) >= 11 is 0. The van der Waals surface area contributed by atoms with Crippen molar-refractivity contribution in [2.45, 2.75) is 150 Å². The first-order valence-electron chi connectivity index (χ1n) is 16.9. The Morgan fingerprint density at radius 1 is 0.625 bits per heavy atom. The summed E-state index contributed by atoms with van der Waals surface area (Å²) in [5.41, 5.74) is 1.96. The zero-order valence-corrected chi connectivity index (χ0v) is 26.7. The monoisotopic (exact) mass is 562 g/mol. The molecule has 0 heterocycles. The van der Waals surface area contributed by atoms with Crippen molar-refractivity contribution in [2.75, 3.05) is 6.61 Å². The summed E-state index contributed by atoms with van der Waals surface area (Å²) in [6, 6.07) is 0. The lowest BCUT2D eigenvalue weighted by atomic mass is 9.32. The third-order valence-electron chi connectivity index (χ3n) is 15.5. The molecular weight excluding hydrogens is 500 g/mol. The molecule has 0 radical (unpaired) electrons. The average Bonchev–Trinajstić information content (AvgIpc) is 3.24. The Bertz CT molecular complexity index is 921. The molecule has 0 saturated heterocycles. The molecule has 5 nitrogen and oxygen atoms in total. The van der Waals surface area contributed by atoms with Crippen molar-refractivity contribution in [1.29, 1.82) is 0 Å². The summed E-state index contributed by atoms with van der Waals surface area (Å²) in [6.45, 7) is 17.3. The molecule has 0 aromatic heterocycles. The molecule has 0 aromatic carbocycles. The van der Waals surface area contributed by atoms with Crippen LogP contribution in [0.2, 0.25) is 0 Å². The molecule has 5 aliphatic carbocycles. The zero-order chi connectivity index (χ0) is 29.5. The third-order valence-corrected chi connectivity index (χ3v) is 15.5. The van der Waals surface area contributed by atoms with Gasteiger partial charge in [0.05, 0.1) is 18.8 Å². The zero-order valence-electron chi connectivity index (χ0n) is 26.7. The summed E-state index contributed by atoms with van der Waals surface area (Å²) in [7, 11) is 0. The van der Waals surface area contributed by atoms with E-state index >= 15 is 0 Å². The van der Waals surface area contributed by atoms with Crippen LogP contribution in [0, 0.1) is 62.6 Å². The Balaban J connectivity index is 1.35. The molecule has 0 spiro atoms. The van der Waals surface area contributed by atoms with Gasteiger partial charge in [-0.3, -0.25) is 0 Å². The van der Waals surface area contributed by atoms with Gasteiger partial charge in [0, 0.05) is 6.42 Å². The lowest BCUT2D eigenvalue weighted by Gasteiger charge is -2.73. The van der Waals surface area contributed by atoms with Gasteiger partial charge in [-0.2, -0.15) is 0 Å². The fourth-order valence-corrected chi connectivity index (χ4v) is 13.2. The van der Waals surface area contributed by atoms with E-state index in [-0.39, 0.29) is 17.8 Å². The smallest absolute Gasteiger partial charge is 0.108 e. The van der Waals surface area contributed by atoms with Crippen LogP contribution in [-0.4, -0.2) is 56.6 Å². The number of hydrogen-bond acceptors (Lipinski definition) is 5. The molecule has 5 aliphatic rings. The molecule has 5 saturated carbocycles. The minimum absolute atomic E-state index is 0.0232. The molecule has 0 amide bonds. The van der Waals surface area contributed by atoms with Crippen molar-refractivity contribution >= 4 is 0 Å². The van der Waals surface area contributed by atoms with Crippen molar-refractivity contribution in [2.24, 2.45) is 62.6 Å². The van der Waals surface area contributed by atoms with Gasteiger partial charge in [0.25, 0.3) is 0 Å². The maximum Gasteiger partial charge on any atom is 0.108 e. The highest BCUT2D eigenvalue weighted by Crippen LogP contribution is 2.78. The Hall–Kier alpha value is -0.200. The van der Waals surface area contributed by atoms with Crippen LogP contribution in [0.25, 0.3) is 0 Å². The van der Waals surface area contributed by atoms with E-state index in [1.807, 2.05) is 0 Å². The van der Waals surface area contributed by atoms with Crippen LogP contribution in [0.15, 0.2) is 0 Å². The molecular formula is C35H62O5. The Morgan fingerprint density at radius 2 is 1.23 bits per heavy atom. The van der Waals surface area contributed by atoms with Crippen molar-refractivity contribution in [1.82, 2.24) is 0 Å². The Kier molecular flexibility index (Phi) is 8.17. The fraction of sp³-hybridized carbons (Fsp3) is 1.00. The second kappa shape index (κ2) is 10.5. The summed E-state index contributed by atoms with van der Waals surface area (Å²) < 4.78 is 0. The van der Waals surface area contributed by atoms with Gasteiger partial charge >= 0.3 is 0 Å². The molecule has 0 bridgehead atoms. The highest BCUT2D eigenvalue weighted by atomic mass is 16.4. The largest absolute Gasteiger partial charge is 0.394 e. The maximum atomic E-state index is 11.2. The molecule has 5 N–H and O–H groups in total. The van der Waals surface area contributed by atoms with E-state index in [9.17, 15) is 20.4 Å². The highest BCUT2D eigenvalue weighted by Gasteiger charge is 2.70. The van der Waals surface area contributed by atoms with Crippen LogP contribution < -0.4 is 0 Å². The second-order valence-corrected chi connectivity index (χ2v) is 17.3. The van der Waals surface area contributed by atoms with E-state index in [0.29, 0.717) is 33.5 Å². The highest BCUT2D eigenvalue weighted by molar-refractivity contribution is 5.19. The van der Waals surface area contributed by atoms with Gasteiger partial charge in [0.1, 0.15) is 12.2 Å². The first-order valence-corrected chi connectivity index (χ1v) is 16.9. The van der Waals surface area contributed by atoms with Crippen molar-refractivity contribution < 1.29 is 25.5 Å². The first-order chi connectivity index (χ1) is 18.6. The van der Waals surface area contributed by atoms with Crippen LogP contribution >= 0.6 is 0 Å². The minimum atomic E-state index is -1.45. The van der Waals surface area contributed by atoms with E-state index in [1.165, 1.54) is 64.2 Å². The number of aliphatic hydroxyl groups is 5. The topological polar surface area (TPSA) is 101 Å². The minimum Gasteiger partial charge on any atom is -0.394 e. The van der Waals surface area contributed by atoms with Gasteiger partial charge in [0.15, 0.2) is 0 Å². The Labute approximate surface area is 244 Å². The van der Waals surface area contributed by atoms with E-state index in [1.54, 1.807) is 0 Å². The fourth-order valence-electron chi connectivity index (χ4n) is 13.2. The van der Waals surface area contributed by atoms with E-state index < -0.39 is 31.0 Å². The van der Waals surface area contributed by atoms with Gasteiger partial charge in [-0.15, -0.1) is 0 Å². The third kappa shape index (κ3) is 4.41. The maximum absolute atomic E-state index is 11.2. The summed E-state index contributed by atoms with van der Waals surface area (Å²) in [4.78, 5) is 0. The predicted octanol–water partition coefficient (Wildman–Crippen LogP) is 5.94. The molecule has 40 heavy (non-hydrogen) atoms. The van der Waals surface area contributed by atoms with Crippen LogP contribution in [-0.2, 0) is 0 Å². The standard InChI is InChI=1S/C35H62O5/c1-21(24(37)19-25(38)30(40)26(39)20-36)22-11-16-32(4)23(22)12-17-34(6)28(32)9-10-29-33(5)15-8-14-31(2,3)27(33)13-18-35(29,34)7/h21-30,36-40H,8-20H2,1-7H3. The van der Waals surface area contributed by atoms with Crippen molar-refractivity contribution in [3.8, 4) is 0 Å². The molecule has 14 unspecified atom stereocenters. The quantitative estimate of drug-likeness (QED) is 0.264. The van der Waals surface area contributed by atoms with Crippen LogP contribution in [0.5, 0.6) is 0 Å². The van der Waals surface area contributed by atoms with Gasteiger partial charge < -0.3 is 25.5 Å². The normalized spacial score (nSPS) is 50.0. The van der Waals surface area contributed by atoms with Gasteiger partial charge in [-0.05, 0) is 127 Å². The van der Waals surface area contributed by atoms with E-state index in [2.05, 4.69) is 48.5 Å². The average molecular weight is 563 g/mol. The number of hydrogen-bond donors (Lipinski definition) is 5. The second-order valence-electron chi connectivity index (χ2n) is 17.3. The van der Waals surface area contributed by atoms with Crippen LogP contribution in [0.1, 0.15) is 126 Å². The summed E-state index contributed by atoms with van der Waals surface area (Å²) in [5, 5.41) is 50.6. The van der Waals surface area contributed by atoms with Crippen LogP contribution in [0.4, 0.5) is 0 Å². The van der Waals surface area contributed by atoms with E-state index in [4.69, 9.17) is 5.11 Å². The predicted molar refractivity (Wildman–Crippen MR) is 159 cm³/mol.